The molecule has 1 aromatic rings. The summed E-state index contributed by atoms with van der Waals surface area (Å²) >= 11 is 0. The van der Waals surface area contributed by atoms with Crippen LogP contribution >= 0.6 is 0 Å². The van der Waals surface area contributed by atoms with Gasteiger partial charge in [-0.1, -0.05) is 0 Å². The number of cyclic esters (lactones) is 1. The van der Waals surface area contributed by atoms with Crippen LogP contribution in [0.1, 0.15) is 6.92 Å². The summed E-state index contributed by atoms with van der Waals surface area (Å²) < 4.78 is 25.1. The Hall–Kier alpha value is -2.35. The number of ether oxygens (including phenoxy) is 2. The monoisotopic (exact) mass is 351 g/mol. The lowest BCUT2D eigenvalue weighted by Gasteiger charge is -2.29. The molecule has 2 amide bonds. The van der Waals surface area contributed by atoms with E-state index in [2.05, 4.69) is 0 Å². The van der Waals surface area contributed by atoms with Gasteiger partial charge in [-0.25, -0.2) is 9.18 Å². The second-order valence-corrected chi connectivity index (χ2v) is 6.25. The molecule has 2 aliphatic heterocycles. The fourth-order valence-corrected chi connectivity index (χ4v) is 2.99. The molecule has 0 spiro atoms. The number of hydrogen-bond donors (Lipinski definition) is 0. The number of carbonyl (C=O) groups excluding carboxylic acids is 2. The molecule has 2 fully saturated rings. The fraction of sp³-hybridized carbons (Fsp3) is 0.529. The third-order valence-corrected chi connectivity index (χ3v) is 4.48. The number of rotatable bonds is 4. The van der Waals surface area contributed by atoms with Gasteiger partial charge in [-0.3, -0.25) is 9.69 Å². The first-order valence-electron chi connectivity index (χ1n) is 8.28. The standard InChI is InChI=1S/C17H22FN3O4/c1-12(22)19(2)10-14-11-21(17(23)25-14)13-3-4-16(15(18)9-13)20-5-7-24-8-6-20/h3-4,9,14H,5-8,10-11H2,1-2H3. The highest BCUT2D eigenvalue weighted by Gasteiger charge is 2.33. The van der Waals surface area contributed by atoms with Crippen molar-refractivity contribution in [3.05, 3.63) is 24.0 Å². The van der Waals surface area contributed by atoms with E-state index in [1.165, 1.54) is 22.8 Å². The number of anilines is 2. The smallest absolute Gasteiger partial charge is 0.414 e. The Labute approximate surface area is 145 Å². The van der Waals surface area contributed by atoms with Gasteiger partial charge < -0.3 is 19.3 Å². The lowest BCUT2D eigenvalue weighted by atomic mass is 10.2. The molecule has 0 bridgehead atoms. The van der Waals surface area contributed by atoms with E-state index in [-0.39, 0.29) is 18.3 Å². The molecule has 3 rings (SSSR count). The number of hydrogen-bond acceptors (Lipinski definition) is 5. The maximum Gasteiger partial charge on any atom is 0.414 e. The zero-order valence-corrected chi connectivity index (χ0v) is 14.4. The van der Waals surface area contributed by atoms with Gasteiger partial charge in [0.1, 0.15) is 11.9 Å². The van der Waals surface area contributed by atoms with Gasteiger partial charge in [-0.15, -0.1) is 0 Å². The van der Waals surface area contributed by atoms with Gasteiger partial charge in [0.2, 0.25) is 5.91 Å². The van der Waals surface area contributed by atoms with Crippen molar-refractivity contribution >= 4 is 23.4 Å². The Bertz CT molecular complexity index is 663. The molecule has 0 radical (unpaired) electrons. The third-order valence-electron chi connectivity index (χ3n) is 4.48. The fourth-order valence-electron chi connectivity index (χ4n) is 2.99. The van der Waals surface area contributed by atoms with Crippen LogP contribution in [-0.2, 0) is 14.3 Å². The van der Waals surface area contributed by atoms with Crippen LogP contribution < -0.4 is 9.80 Å². The van der Waals surface area contributed by atoms with Gasteiger partial charge in [0, 0.05) is 27.1 Å². The Kier molecular flexibility index (Phi) is 5.08. The number of amides is 2. The highest BCUT2D eigenvalue weighted by atomic mass is 19.1. The van der Waals surface area contributed by atoms with Crippen molar-refractivity contribution in [3.63, 3.8) is 0 Å². The number of carbonyl (C=O) groups is 2. The van der Waals surface area contributed by atoms with Crippen LogP contribution in [0.3, 0.4) is 0 Å². The van der Waals surface area contributed by atoms with Gasteiger partial charge in [-0.2, -0.15) is 0 Å². The molecule has 2 saturated heterocycles. The molecule has 136 valence electrons. The number of likely N-dealkylation sites (N-methyl/N-ethyl adjacent to an activating group) is 1. The van der Waals surface area contributed by atoms with Crippen LogP contribution in [0.5, 0.6) is 0 Å². The summed E-state index contributed by atoms with van der Waals surface area (Å²) in [6.45, 7) is 4.48. The first-order valence-corrected chi connectivity index (χ1v) is 8.28. The predicted molar refractivity (Wildman–Crippen MR) is 90.4 cm³/mol. The first kappa shape index (κ1) is 17.5. The Morgan fingerprint density at radius 1 is 1.36 bits per heavy atom. The van der Waals surface area contributed by atoms with E-state index in [9.17, 15) is 14.0 Å². The molecule has 1 aromatic carbocycles. The predicted octanol–water partition coefficient (Wildman–Crippen LogP) is 1.47. The molecule has 7 nitrogen and oxygen atoms in total. The lowest BCUT2D eigenvalue weighted by Crippen LogP contribution is -2.37. The van der Waals surface area contributed by atoms with Crippen LogP contribution in [0.25, 0.3) is 0 Å². The molecule has 2 aliphatic rings. The summed E-state index contributed by atoms with van der Waals surface area (Å²) in [4.78, 5) is 28.2. The SMILES string of the molecule is CC(=O)N(C)CC1CN(c2ccc(N3CCOCC3)c(F)c2)C(=O)O1. The van der Waals surface area contributed by atoms with Crippen molar-refractivity contribution in [2.75, 3.05) is 56.2 Å². The average molecular weight is 351 g/mol. The number of nitrogens with zero attached hydrogens (tertiary/aromatic N) is 3. The first-order chi connectivity index (χ1) is 12.0. The van der Waals surface area contributed by atoms with Crippen molar-refractivity contribution in [1.82, 2.24) is 4.90 Å². The maximum absolute atomic E-state index is 14.5. The van der Waals surface area contributed by atoms with E-state index in [0.29, 0.717) is 44.2 Å². The zero-order valence-electron chi connectivity index (χ0n) is 14.4. The Morgan fingerprint density at radius 2 is 2.08 bits per heavy atom. The molecule has 25 heavy (non-hydrogen) atoms. The van der Waals surface area contributed by atoms with E-state index in [1.54, 1.807) is 19.2 Å². The maximum atomic E-state index is 14.5. The van der Waals surface area contributed by atoms with Crippen LogP contribution in [-0.4, -0.2) is 69.4 Å². The number of benzene rings is 1. The van der Waals surface area contributed by atoms with E-state index in [0.717, 1.165) is 0 Å². The summed E-state index contributed by atoms with van der Waals surface area (Å²) in [7, 11) is 1.65. The summed E-state index contributed by atoms with van der Waals surface area (Å²) in [6, 6.07) is 4.74. The normalized spacial score (nSPS) is 20.6. The van der Waals surface area contributed by atoms with Gasteiger partial charge in [0.15, 0.2) is 0 Å². The van der Waals surface area contributed by atoms with Crippen molar-refractivity contribution in [3.8, 4) is 0 Å². The summed E-state index contributed by atoms with van der Waals surface area (Å²) in [6.07, 6.45) is -0.955. The molecule has 0 N–H and O–H groups in total. The minimum absolute atomic E-state index is 0.101. The summed E-state index contributed by atoms with van der Waals surface area (Å²) in [5, 5.41) is 0. The van der Waals surface area contributed by atoms with Gasteiger partial charge in [0.25, 0.3) is 0 Å². The molecular weight excluding hydrogens is 329 g/mol. The molecule has 0 saturated carbocycles. The highest BCUT2D eigenvalue weighted by Crippen LogP contribution is 2.28. The van der Waals surface area contributed by atoms with E-state index in [1.807, 2.05) is 4.90 Å². The summed E-state index contributed by atoms with van der Waals surface area (Å²) in [5.74, 6) is -0.480. The van der Waals surface area contributed by atoms with Crippen molar-refractivity contribution in [2.24, 2.45) is 0 Å². The highest BCUT2D eigenvalue weighted by molar-refractivity contribution is 5.90. The van der Waals surface area contributed by atoms with E-state index >= 15 is 0 Å². The quantitative estimate of drug-likeness (QED) is 0.822. The number of halogens is 1. The molecule has 0 aliphatic carbocycles. The van der Waals surface area contributed by atoms with E-state index < -0.39 is 12.2 Å². The molecule has 8 heteroatoms. The van der Waals surface area contributed by atoms with Crippen molar-refractivity contribution in [2.45, 2.75) is 13.0 Å². The Balaban J connectivity index is 1.70. The van der Waals surface area contributed by atoms with Crippen LogP contribution in [0.4, 0.5) is 20.6 Å². The minimum Gasteiger partial charge on any atom is -0.442 e. The molecular formula is C17H22FN3O4. The van der Waals surface area contributed by atoms with Crippen molar-refractivity contribution < 1.29 is 23.5 Å². The minimum atomic E-state index is -0.527. The van der Waals surface area contributed by atoms with E-state index in [4.69, 9.17) is 9.47 Å². The van der Waals surface area contributed by atoms with Gasteiger partial charge in [-0.05, 0) is 18.2 Å². The van der Waals surface area contributed by atoms with Crippen LogP contribution in [0, 0.1) is 5.82 Å². The lowest BCUT2D eigenvalue weighted by molar-refractivity contribution is -0.128. The molecule has 2 heterocycles. The summed E-state index contributed by atoms with van der Waals surface area (Å²) in [5.41, 5.74) is 0.958. The van der Waals surface area contributed by atoms with Crippen LogP contribution in [0.15, 0.2) is 18.2 Å². The second-order valence-electron chi connectivity index (χ2n) is 6.25. The van der Waals surface area contributed by atoms with Gasteiger partial charge >= 0.3 is 6.09 Å². The zero-order chi connectivity index (χ0) is 18.0. The molecule has 1 unspecified atom stereocenters. The topological polar surface area (TPSA) is 62.3 Å². The number of morpholine rings is 1. The van der Waals surface area contributed by atoms with Gasteiger partial charge in [0.05, 0.1) is 37.7 Å². The average Bonchev–Trinajstić information content (AvgIpc) is 2.95. The Morgan fingerprint density at radius 3 is 2.72 bits per heavy atom. The van der Waals surface area contributed by atoms with Crippen LogP contribution in [0.2, 0.25) is 0 Å². The third kappa shape index (κ3) is 3.84. The second kappa shape index (κ2) is 7.26. The van der Waals surface area contributed by atoms with Crippen molar-refractivity contribution in [1.29, 1.82) is 0 Å². The molecule has 1 atom stereocenters. The molecule has 0 aromatic heterocycles. The largest absolute Gasteiger partial charge is 0.442 e.